The minimum atomic E-state index is -0.791. The molecule has 1 aromatic carbocycles. The Hall–Kier alpha value is -2.21. The number of benzene rings is 1. The number of halogens is 1. The lowest BCUT2D eigenvalue weighted by Gasteiger charge is -2.02. The maximum Gasteiger partial charge on any atom is 0.340 e. The summed E-state index contributed by atoms with van der Waals surface area (Å²) in [5, 5.41) is 13.0. The summed E-state index contributed by atoms with van der Waals surface area (Å²) in [5.74, 6) is -1.16. The van der Waals surface area contributed by atoms with Crippen molar-refractivity contribution in [1.29, 1.82) is 0 Å². The molecule has 2 aromatic rings. The number of rotatable bonds is 3. The SMILES string of the molecule is COC(=O)c1ccc(-c2cc(C(C)O)on2)cc1F. The second kappa shape index (κ2) is 5.19. The van der Waals surface area contributed by atoms with Crippen molar-refractivity contribution in [3.63, 3.8) is 0 Å². The van der Waals surface area contributed by atoms with Crippen LogP contribution in [0.1, 0.15) is 29.1 Å². The molecule has 0 aliphatic rings. The minimum absolute atomic E-state index is 0.148. The van der Waals surface area contributed by atoms with E-state index >= 15 is 0 Å². The van der Waals surface area contributed by atoms with Crippen LogP contribution in [0.15, 0.2) is 28.8 Å². The highest BCUT2D eigenvalue weighted by Crippen LogP contribution is 2.24. The summed E-state index contributed by atoms with van der Waals surface area (Å²) in [6, 6.07) is 5.51. The van der Waals surface area contributed by atoms with E-state index in [1.54, 1.807) is 0 Å². The van der Waals surface area contributed by atoms with Crippen LogP contribution in [0.4, 0.5) is 4.39 Å². The Labute approximate surface area is 108 Å². The van der Waals surface area contributed by atoms with Gasteiger partial charge < -0.3 is 14.4 Å². The second-order valence-electron chi connectivity index (χ2n) is 3.98. The van der Waals surface area contributed by atoms with Crippen LogP contribution >= 0.6 is 0 Å². The first kappa shape index (κ1) is 13.2. The highest BCUT2D eigenvalue weighted by molar-refractivity contribution is 5.90. The highest BCUT2D eigenvalue weighted by Gasteiger charge is 2.15. The van der Waals surface area contributed by atoms with Gasteiger partial charge in [0, 0.05) is 11.6 Å². The maximum atomic E-state index is 13.7. The molecule has 19 heavy (non-hydrogen) atoms. The van der Waals surface area contributed by atoms with Crippen molar-refractivity contribution >= 4 is 5.97 Å². The zero-order valence-corrected chi connectivity index (χ0v) is 10.4. The summed E-state index contributed by atoms with van der Waals surface area (Å²) in [6.07, 6.45) is -0.791. The topological polar surface area (TPSA) is 72.6 Å². The van der Waals surface area contributed by atoms with Crippen LogP contribution < -0.4 is 0 Å². The molecule has 100 valence electrons. The van der Waals surface area contributed by atoms with Crippen LogP contribution in [0.5, 0.6) is 0 Å². The van der Waals surface area contributed by atoms with Gasteiger partial charge in [0.2, 0.25) is 0 Å². The molecule has 0 aliphatic heterocycles. The molecular formula is C13H12FNO4. The standard InChI is InChI=1S/C13H12FNO4/c1-7(16)12-6-11(15-19-12)8-3-4-9(10(14)5-8)13(17)18-2/h3-7,16H,1-2H3. The third-order valence-electron chi connectivity index (χ3n) is 2.61. The van der Waals surface area contributed by atoms with Gasteiger partial charge in [-0.3, -0.25) is 0 Å². The molecule has 0 fully saturated rings. The van der Waals surface area contributed by atoms with E-state index in [1.807, 2.05) is 0 Å². The van der Waals surface area contributed by atoms with Crippen molar-refractivity contribution in [2.45, 2.75) is 13.0 Å². The average molecular weight is 265 g/mol. The van der Waals surface area contributed by atoms with Crippen molar-refractivity contribution in [3.05, 3.63) is 41.4 Å². The summed E-state index contributed by atoms with van der Waals surface area (Å²) in [4.78, 5) is 11.2. The monoisotopic (exact) mass is 265 g/mol. The Kier molecular flexibility index (Phi) is 3.62. The molecule has 1 aromatic heterocycles. The first-order chi connectivity index (χ1) is 9.02. The largest absolute Gasteiger partial charge is 0.465 e. The van der Waals surface area contributed by atoms with Crippen LogP contribution in [0.25, 0.3) is 11.3 Å². The van der Waals surface area contributed by atoms with Crippen LogP contribution in [-0.2, 0) is 4.74 Å². The number of carbonyl (C=O) groups is 1. The third kappa shape index (κ3) is 2.63. The van der Waals surface area contributed by atoms with Gasteiger partial charge >= 0.3 is 5.97 Å². The van der Waals surface area contributed by atoms with Crippen molar-refractivity contribution in [2.75, 3.05) is 7.11 Å². The number of ether oxygens (including phenoxy) is 1. The van der Waals surface area contributed by atoms with E-state index in [0.29, 0.717) is 11.3 Å². The minimum Gasteiger partial charge on any atom is -0.465 e. The van der Waals surface area contributed by atoms with Gasteiger partial charge in [-0.25, -0.2) is 9.18 Å². The van der Waals surface area contributed by atoms with Crippen molar-refractivity contribution < 1.29 is 23.6 Å². The van der Waals surface area contributed by atoms with E-state index in [-0.39, 0.29) is 11.3 Å². The van der Waals surface area contributed by atoms with Gasteiger partial charge in [-0.2, -0.15) is 0 Å². The lowest BCUT2D eigenvalue weighted by molar-refractivity contribution is 0.0595. The number of hydrogen-bond donors (Lipinski definition) is 1. The van der Waals surface area contributed by atoms with Gasteiger partial charge in [-0.05, 0) is 19.1 Å². The lowest BCUT2D eigenvalue weighted by atomic mass is 10.1. The van der Waals surface area contributed by atoms with E-state index in [2.05, 4.69) is 9.89 Å². The first-order valence-electron chi connectivity index (χ1n) is 5.56. The van der Waals surface area contributed by atoms with Crippen LogP contribution in [0.2, 0.25) is 0 Å². The average Bonchev–Trinajstić information content (AvgIpc) is 2.87. The number of aliphatic hydroxyl groups is 1. The molecule has 0 radical (unpaired) electrons. The number of esters is 1. The number of carbonyl (C=O) groups excluding carboxylic acids is 1. The van der Waals surface area contributed by atoms with Crippen LogP contribution in [0.3, 0.4) is 0 Å². The Morgan fingerprint density at radius 2 is 2.21 bits per heavy atom. The Bertz CT molecular complexity index is 606. The fourth-order valence-corrected chi connectivity index (χ4v) is 1.57. The smallest absolute Gasteiger partial charge is 0.340 e. The van der Waals surface area contributed by atoms with E-state index in [0.717, 1.165) is 6.07 Å². The highest BCUT2D eigenvalue weighted by atomic mass is 19.1. The summed E-state index contributed by atoms with van der Waals surface area (Å²) in [7, 11) is 1.18. The molecule has 2 rings (SSSR count). The van der Waals surface area contributed by atoms with Gasteiger partial charge in [-0.1, -0.05) is 11.2 Å². The molecule has 1 N–H and O–H groups in total. The Morgan fingerprint density at radius 1 is 1.47 bits per heavy atom. The van der Waals surface area contributed by atoms with E-state index in [1.165, 1.54) is 32.2 Å². The summed E-state index contributed by atoms with van der Waals surface area (Å²) in [5.41, 5.74) is 0.678. The molecule has 1 heterocycles. The number of nitrogens with zero attached hydrogens (tertiary/aromatic N) is 1. The van der Waals surface area contributed by atoms with Gasteiger partial charge in [0.05, 0.1) is 12.7 Å². The summed E-state index contributed by atoms with van der Waals surface area (Å²) >= 11 is 0. The van der Waals surface area contributed by atoms with Crippen molar-refractivity contribution in [3.8, 4) is 11.3 Å². The number of hydrogen-bond acceptors (Lipinski definition) is 5. The van der Waals surface area contributed by atoms with Gasteiger partial charge in [0.15, 0.2) is 5.76 Å². The zero-order valence-electron chi connectivity index (χ0n) is 10.4. The predicted molar refractivity (Wildman–Crippen MR) is 63.9 cm³/mol. The first-order valence-corrected chi connectivity index (χ1v) is 5.56. The molecule has 0 saturated heterocycles. The fraction of sp³-hybridized carbons (Fsp3) is 0.231. The molecule has 0 spiro atoms. The molecular weight excluding hydrogens is 253 g/mol. The molecule has 0 saturated carbocycles. The summed E-state index contributed by atoms with van der Waals surface area (Å²) < 4.78 is 23.1. The van der Waals surface area contributed by atoms with Gasteiger partial charge in [0.25, 0.3) is 0 Å². The Morgan fingerprint density at radius 3 is 2.74 bits per heavy atom. The molecule has 1 atom stereocenters. The predicted octanol–water partition coefficient (Wildman–Crippen LogP) is 2.32. The van der Waals surface area contributed by atoms with Crippen LogP contribution in [-0.4, -0.2) is 23.3 Å². The lowest BCUT2D eigenvalue weighted by Crippen LogP contribution is -2.04. The molecule has 0 bridgehead atoms. The number of aliphatic hydroxyl groups excluding tert-OH is 1. The fourth-order valence-electron chi connectivity index (χ4n) is 1.57. The van der Waals surface area contributed by atoms with Gasteiger partial charge in [0.1, 0.15) is 17.6 Å². The van der Waals surface area contributed by atoms with Crippen LogP contribution in [0, 0.1) is 5.82 Å². The maximum absolute atomic E-state index is 13.7. The van der Waals surface area contributed by atoms with Crippen molar-refractivity contribution in [2.24, 2.45) is 0 Å². The van der Waals surface area contributed by atoms with Crippen molar-refractivity contribution in [1.82, 2.24) is 5.16 Å². The molecule has 5 nitrogen and oxygen atoms in total. The molecule has 0 aliphatic carbocycles. The number of methoxy groups -OCH3 is 1. The summed E-state index contributed by atoms with van der Waals surface area (Å²) in [6.45, 7) is 1.53. The van der Waals surface area contributed by atoms with E-state index in [9.17, 15) is 14.3 Å². The molecule has 1 unspecified atom stereocenters. The normalized spacial score (nSPS) is 12.2. The quantitative estimate of drug-likeness (QED) is 0.862. The van der Waals surface area contributed by atoms with E-state index in [4.69, 9.17) is 4.52 Å². The Balaban J connectivity index is 2.35. The third-order valence-corrected chi connectivity index (χ3v) is 2.61. The van der Waals surface area contributed by atoms with Gasteiger partial charge in [-0.15, -0.1) is 0 Å². The zero-order chi connectivity index (χ0) is 14.0. The number of aromatic nitrogens is 1. The van der Waals surface area contributed by atoms with E-state index < -0.39 is 17.9 Å². The molecule has 0 amide bonds. The second-order valence-corrected chi connectivity index (χ2v) is 3.98. The molecule has 6 heteroatoms.